The number of thioether (sulfide) groups is 1. The quantitative estimate of drug-likeness (QED) is 0.110. The van der Waals surface area contributed by atoms with E-state index in [4.69, 9.17) is 17.2 Å². The summed E-state index contributed by atoms with van der Waals surface area (Å²) in [5, 5.41) is 17.0. The molecule has 0 aliphatic rings. The van der Waals surface area contributed by atoms with Crippen LogP contribution >= 0.6 is 11.8 Å². The number of rotatable bonds is 18. The molecule has 0 saturated carbocycles. The molecule has 0 radical (unpaired) electrons. The molecule has 0 heterocycles. The van der Waals surface area contributed by atoms with Gasteiger partial charge in [-0.15, -0.1) is 0 Å². The lowest BCUT2D eigenvalue weighted by Gasteiger charge is -2.27. The topological polar surface area (TPSA) is 220 Å². The third-order valence-electron chi connectivity index (χ3n) is 5.09. The van der Waals surface area contributed by atoms with Gasteiger partial charge in [-0.3, -0.25) is 19.2 Å². The van der Waals surface area contributed by atoms with E-state index in [1.807, 2.05) is 6.26 Å². The molecule has 12 nitrogen and oxygen atoms in total. The Kier molecular flexibility index (Phi) is 15.9. The van der Waals surface area contributed by atoms with Gasteiger partial charge in [-0.05, 0) is 50.2 Å². The molecule has 4 amide bonds. The number of unbranched alkanes of at least 4 members (excludes halogenated alkanes) is 1. The highest BCUT2D eigenvalue weighted by Gasteiger charge is 2.31. The number of carbonyl (C=O) groups is 5. The molecule has 196 valence electrons. The Bertz CT molecular complexity index is 693. The zero-order chi connectivity index (χ0) is 26.3. The molecule has 0 spiro atoms. The number of carboxylic acid groups (broad SMARTS) is 1. The van der Waals surface area contributed by atoms with E-state index in [1.165, 1.54) is 11.8 Å². The van der Waals surface area contributed by atoms with E-state index in [0.29, 0.717) is 25.1 Å². The fourth-order valence-corrected chi connectivity index (χ4v) is 3.49. The first-order valence-electron chi connectivity index (χ1n) is 11.3. The van der Waals surface area contributed by atoms with Gasteiger partial charge < -0.3 is 38.3 Å². The van der Waals surface area contributed by atoms with Gasteiger partial charge in [-0.25, -0.2) is 4.79 Å². The number of nitrogens with two attached hydrogens (primary N) is 3. The molecule has 0 aliphatic carbocycles. The van der Waals surface area contributed by atoms with Gasteiger partial charge >= 0.3 is 5.97 Å². The lowest BCUT2D eigenvalue weighted by Crippen LogP contribution is -2.58. The van der Waals surface area contributed by atoms with Crippen LogP contribution in [0.2, 0.25) is 0 Å². The summed E-state index contributed by atoms with van der Waals surface area (Å²) >= 11 is 1.45. The molecular formula is C21H40N6O6S. The third kappa shape index (κ3) is 12.8. The lowest BCUT2D eigenvalue weighted by molar-refractivity contribution is -0.142. The molecule has 0 aliphatic heterocycles. The SMILES string of the molecule is CSCCC(NC(=O)C(NC(=O)C(N)CCCCN)C(C)C)C(=O)NC(CCC(N)=O)C(=O)O. The Labute approximate surface area is 204 Å². The van der Waals surface area contributed by atoms with E-state index >= 15 is 0 Å². The lowest BCUT2D eigenvalue weighted by atomic mass is 10.0. The van der Waals surface area contributed by atoms with Crippen molar-refractivity contribution in [3.05, 3.63) is 0 Å². The van der Waals surface area contributed by atoms with Crippen molar-refractivity contribution in [2.45, 2.75) is 76.5 Å². The number of carboxylic acids is 1. The van der Waals surface area contributed by atoms with Crippen LogP contribution in [0.25, 0.3) is 0 Å². The summed E-state index contributed by atoms with van der Waals surface area (Å²) < 4.78 is 0. The summed E-state index contributed by atoms with van der Waals surface area (Å²) in [4.78, 5) is 60.7. The first-order chi connectivity index (χ1) is 15.9. The zero-order valence-electron chi connectivity index (χ0n) is 20.2. The van der Waals surface area contributed by atoms with Crippen LogP contribution in [0.1, 0.15) is 52.4 Å². The molecule has 10 N–H and O–H groups in total. The van der Waals surface area contributed by atoms with Gasteiger partial charge in [0.2, 0.25) is 23.6 Å². The fourth-order valence-electron chi connectivity index (χ4n) is 3.02. The second kappa shape index (κ2) is 17.1. The summed E-state index contributed by atoms with van der Waals surface area (Å²) in [5.41, 5.74) is 16.4. The normalized spacial score (nSPS) is 14.5. The van der Waals surface area contributed by atoms with E-state index < -0.39 is 53.8 Å². The minimum absolute atomic E-state index is 0.174. The minimum atomic E-state index is -1.33. The molecule has 0 saturated heterocycles. The summed E-state index contributed by atoms with van der Waals surface area (Å²) in [6.07, 6.45) is 3.51. The van der Waals surface area contributed by atoms with Crippen molar-refractivity contribution in [2.24, 2.45) is 23.1 Å². The van der Waals surface area contributed by atoms with Gasteiger partial charge in [0, 0.05) is 6.42 Å². The maximum atomic E-state index is 13.0. The highest BCUT2D eigenvalue weighted by Crippen LogP contribution is 2.08. The maximum absolute atomic E-state index is 13.0. The maximum Gasteiger partial charge on any atom is 0.326 e. The van der Waals surface area contributed by atoms with Gasteiger partial charge in [0.15, 0.2) is 0 Å². The van der Waals surface area contributed by atoms with E-state index in [1.54, 1.807) is 13.8 Å². The Morgan fingerprint density at radius 1 is 0.882 bits per heavy atom. The van der Waals surface area contributed by atoms with Crippen LogP contribution in [0.15, 0.2) is 0 Å². The second-order valence-electron chi connectivity index (χ2n) is 8.37. The molecule has 4 atom stereocenters. The highest BCUT2D eigenvalue weighted by atomic mass is 32.2. The first kappa shape index (κ1) is 31.6. The van der Waals surface area contributed by atoms with Gasteiger partial charge in [0.1, 0.15) is 18.1 Å². The van der Waals surface area contributed by atoms with Crippen molar-refractivity contribution in [1.82, 2.24) is 16.0 Å². The van der Waals surface area contributed by atoms with Gasteiger partial charge in [-0.1, -0.05) is 20.3 Å². The molecule has 0 aromatic rings. The van der Waals surface area contributed by atoms with Crippen molar-refractivity contribution in [3.63, 3.8) is 0 Å². The van der Waals surface area contributed by atoms with Crippen LogP contribution in [0.4, 0.5) is 0 Å². The fraction of sp³-hybridized carbons (Fsp3) is 0.762. The van der Waals surface area contributed by atoms with Crippen LogP contribution in [-0.2, 0) is 24.0 Å². The Balaban J connectivity index is 5.31. The molecule has 0 aromatic heterocycles. The van der Waals surface area contributed by atoms with Crippen molar-refractivity contribution in [3.8, 4) is 0 Å². The molecule has 0 aromatic carbocycles. The van der Waals surface area contributed by atoms with E-state index in [0.717, 1.165) is 6.42 Å². The standard InChI is InChI=1S/C21H40N6O6S/c1-12(2)17(27-18(29)13(23)6-4-5-10-22)20(31)25-14(9-11-34-3)19(30)26-15(21(32)33)7-8-16(24)28/h12-15,17H,4-11,22-23H2,1-3H3,(H2,24,28)(H,25,31)(H,26,30)(H,27,29)(H,32,33). The third-order valence-corrected chi connectivity index (χ3v) is 5.73. The van der Waals surface area contributed by atoms with E-state index in [9.17, 15) is 29.1 Å². The summed E-state index contributed by atoms with van der Waals surface area (Å²) in [5.74, 6) is -3.55. The Morgan fingerprint density at radius 2 is 1.50 bits per heavy atom. The van der Waals surface area contributed by atoms with Crippen molar-refractivity contribution in [1.29, 1.82) is 0 Å². The van der Waals surface area contributed by atoms with Crippen LogP contribution in [0, 0.1) is 5.92 Å². The predicted molar refractivity (Wildman–Crippen MR) is 131 cm³/mol. The van der Waals surface area contributed by atoms with Crippen molar-refractivity contribution >= 4 is 41.4 Å². The van der Waals surface area contributed by atoms with Crippen LogP contribution in [0.5, 0.6) is 0 Å². The van der Waals surface area contributed by atoms with Crippen LogP contribution in [0.3, 0.4) is 0 Å². The zero-order valence-corrected chi connectivity index (χ0v) is 21.0. The molecule has 0 rings (SSSR count). The molecule has 4 unspecified atom stereocenters. The molecule has 0 bridgehead atoms. The average Bonchev–Trinajstić information content (AvgIpc) is 2.76. The van der Waals surface area contributed by atoms with Gasteiger partial charge in [0.25, 0.3) is 0 Å². The minimum Gasteiger partial charge on any atom is -0.480 e. The largest absolute Gasteiger partial charge is 0.480 e. The smallest absolute Gasteiger partial charge is 0.326 e. The predicted octanol–water partition coefficient (Wildman–Crippen LogP) is -1.34. The van der Waals surface area contributed by atoms with Crippen LogP contribution < -0.4 is 33.2 Å². The molecule has 34 heavy (non-hydrogen) atoms. The van der Waals surface area contributed by atoms with Crippen LogP contribution in [-0.4, -0.2) is 77.4 Å². The summed E-state index contributed by atoms with van der Waals surface area (Å²) in [7, 11) is 0. The monoisotopic (exact) mass is 504 g/mol. The molecule has 13 heteroatoms. The van der Waals surface area contributed by atoms with E-state index in [-0.39, 0.29) is 25.2 Å². The van der Waals surface area contributed by atoms with Crippen molar-refractivity contribution in [2.75, 3.05) is 18.6 Å². The van der Waals surface area contributed by atoms with E-state index in [2.05, 4.69) is 16.0 Å². The number of primary amides is 1. The Hall–Kier alpha value is -2.38. The molecule has 0 fully saturated rings. The summed E-state index contributed by atoms with van der Waals surface area (Å²) in [6.45, 7) is 3.98. The summed E-state index contributed by atoms with van der Waals surface area (Å²) in [6, 6.07) is -4.10. The molecular weight excluding hydrogens is 464 g/mol. The number of aliphatic carboxylic acids is 1. The number of nitrogens with one attached hydrogen (secondary N) is 3. The van der Waals surface area contributed by atoms with Crippen molar-refractivity contribution < 1.29 is 29.1 Å². The first-order valence-corrected chi connectivity index (χ1v) is 12.7. The van der Waals surface area contributed by atoms with Gasteiger partial charge in [-0.2, -0.15) is 11.8 Å². The number of amides is 4. The number of carbonyl (C=O) groups excluding carboxylic acids is 4. The number of hydrogen-bond acceptors (Lipinski definition) is 8. The Morgan fingerprint density at radius 3 is 2.00 bits per heavy atom. The number of hydrogen-bond donors (Lipinski definition) is 7. The average molecular weight is 505 g/mol. The second-order valence-corrected chi connectivity index (χ2v) is 9.35. The van der Waals surface area contributed by atoms with Gasteiger partial charge in [0.05, 0.1) is 6.04 Å². The highest BCUT2D eigenvalue weighted by molar-refractivity contribution is 7.98.